The lowest BCUT2D eigenvalue weighted by molar-refractivity contribution is -0.292. The fourth-order valence-corrected chi connectivity index (χ4v) is 5.86. The molecule has 0 bridgehead atoms. The molecule has 0 amide bonds. The maximum atomic E-state index is 13.7. The van der Waals surface area contributed by atoms with Gasteiger partial charge in [-0.25, -0.2) is 19.2 Å². The van der Waals surface area contributed by atoms with Gasteiger partial charge in [-0.15, -0.1) is 0 Å². The van der Waals surface area contributed by atoms with E-state index < -0.39 is 61.2 Å². The summed E-state index contributed by atoms with van der Waals surface area (Å²) in [5.74, 6) is -3.16. The third-order valence-electron chi connectivity index (χ3n) is 8.32. The minimum Gasteiger partial charge on any atom is -0.459 e. The molecular formula is C41H32ClN3O10. The van der Waals surface area contributed by atoms with Gasteiger partial charge in [0.25, 0.3) is 0 Å². The van der Waals surface area contributed by atoms with Crippen molar-refractivity contribution in [2.24, 2.45) is 5.11 Å². The van der Waals surface area contributed by atoms with Crippen LogP contribution in [0.25, 0.3) is 10.4 Å². The molecule has 0 unspecified atom stereocenters. The van der Waals surface area contributed by atoms with E-state index in [9.17, 15) is 19.2 Å². The zero-order chi connectivity index (χ0) is 38.6. The van der Waals surface area contributed by atoms with Crippen LogP contribution in [-0.2, 0) is 35.0 Å². The van der Waals surface area contributed by atoms with Gasteiger partial charge in [0.05, 0.1) is 39.6 Å². The second-order valence-electron chi connectivity index (χ2n) is 12.0. The molecule has 0 aromatic heterocycles. The van der Waals surface area contributed by atoms with Crippen molar-refractivity contribution in [3.8, 4) is 0 Å². The van der Waals surface area contributed by atoms with Crippen LogP contribution in [0.15, 0.2) is 145 Å². The number of carbonyl (C=O) groups is 4. The molecule has 5 aromatic rings. The van der Waals surface area contributed by atoms with Crippen molar-refractivity contribution < 1.29 is 47.6 Å². The molecule has 13 nitrogen and oxygen atoms in total. The molecule has 14 heteroatoms. The van der Waals surface area contributed by atoms with E-state index in [1.54, 1.807) is 91.0 Å². The highest BCUT2D eigenvalue weighted by molar-refractivity contribution is 6.33. The van der Waals surface area contributed by atoms with E-state index in [1.807, 2.05) is 0 Å². The first kappa shape index (κ1) is 38.2. The number of nitrogens with zero attached hydrogens (tertiary/aromatic N) is 3. The smallest absolute Gasteiger partial charge is 0.340 e. The maximum Gasteiger partial charge on any atom is 0.340 e. The molecule has 6 rings (SSSR count). The van der Waals surface area contributed by atoms with Gasteiger partial charge in [0.1, 0.15) is 18.8 Å². The van der Waals surface area contributed by atoms with Crippen LogP contribution < -0.4 is 0 Å². The zero-order valence-electron chi connectivity index (χ0n) is 28.9. The average molecular weight is 762 g/mol. The minimum absolute atomic E-state index is 0.130. The second kappa shape index (κ2) is 18.5. The Bertz CT molecular complexity index is 2150. The third kappa shape index (κ3) is 9.93. The Balaban J connectivity index is 1.41. The van der Waals surface area contributed by atoms with E-state index in [0.717, 1.165) is 0 Å². The molecule has 55 heavy (non-hydrogen) atoms. The fourth-order valence-electron chi connectivity index (χ4n) is 5.62. The summed E-state index contributed by atoms with van der Waals surface area (Å²) in [7, 11) is 0. The largest absolute Gasteiger partial charge is 0.459 e. The predicted octanol–water partition coefficient (Wildman–Crippen LogP) is 8.06. The van der Waals surface area contributed by atoms with E-state index in [4.69, 9.17) is 45.6 Å². The van der Waals surface area contributed by atoms with Crippen LogP contribution in [0.2, 0.25) is 5.02 Å². The molecule has 278 valence electrons. The maximum absolute atomic E-state index is 13.7. The lowest BCUT2D eigenvalue weighted by Crippen LogP contribution is -2.63. The summed E-state index contributed by atoms with van der Waals surface area (Å²) >= 11 is 6.36. The number of esters is 4. The van der Waals surface area contributed by atoms with Gasteiger partial charge in [-0.3, -0.25) is 0 Å². The van der Waals surface area contributed by atoms with Gasteiger partial charge >= 0.3 is 23.9 Å². The third-order valence-corrected chi connectivity index (χ3v) is 8.63. The van der Waals surface area contributed by atoms with Crippen molar-refractivity contribution in [3.63, 3.8) is 0 Å². The van der Waals surface area contributed by atoms with Crippen LogP contribution in [0.4, 0.5) is 5.69 Å². The molecule has 5 atom stereocenters. The topological polar surface area (TPSA) is 172 Å². The molecule has 0 aliphatic carbocycles. The molecule has 0 N–H and O–H groups in total. The fraction of sp³-hybridized carbons (Fsp3) is 0.171. The summed E-state index contributed by atoms with van der Waals surface area (Å²) < 4.78 is 36.3. The van der Waals surface area contributed by atoms with Gasteiger partial charge in [-0.1, -0.05) is 102 Å². The quantitative estimate of drug-likeness (QED) is 0.0376. The van der Waals surface area contributed by atoms with Gasteiger partial charge in [0.2, 0.25) is 6.29 Å². The molecule has 1 saturated heterocycles. The van der Waals surface area contributed by atoms with Crippen LogP contribution in [0.5, 0.6) is 0 Å². The first-order valence-electron chi connectivity index (χ1n) is 16.9. The van der Waals surface area contributed by atoms with Crippen molar-refractivity contribution in [1.29, 1.82) is 0 Å². The number of benzene rings is 5. The molecule has 1 fully saturated rings. The lowest BCUT2D eigenvalue weighted by Gasteiger charge is -2.44. The van der Waals surface area contributed by atoms with Gasteiger partial charge in [0.15, 0.2) is 12.2 Å². The van der Waals surface area contributed by atoms with Gasteiger partial charge in [-0.2, -0.15) is 0 Å². The summed E-state index contributed by atoms with van der Waals surface area (Å²) in [6, 6.07) is 37.0. The van der Waals surface area contributed by atoms with E-state index >= 15 is 0 Å². The Kier molecular flexibility index (Phi) is 12.9. The van der Waals surface area contributed by atoms with Crippen molar-refractivity contribution in [1.82, 2.24) is 0 Å². The minimum atomic E-state index is -1.67. The summed E-state index contributed by atoms with van der Waals surface area (Å²) in [5.41, 5.74) is 10.3. The molecular weight excluding hydrogens is 730 g/mol. The highest BCUT2D eigenvalue weighted by atomic mass is 35.5. The highest BCUT2D eigenvalue weighted by Gasteiger charge is 2.53. The van der Waals surface area contributed by atoms with Crippen molar-refractivity contribution in [3.05, 3.63) is 183 Å². The number of hydrogen-bond donors (Lipinski definition) is 0. The van der Waals surface area contributed by atoms with Crippen molar-refractivity contribution >= 4 is 41.2 Å². The second-order valence-corrected chi connectivity index (χ2v) is 12.4. The predicted molar refractivity (Wildman–Crippen MR) is 197 cm³/mol. The van der Waals surface area contributed by atoms with Gasteiger partial charge < -0.3 is 28.4 Å². The van der Waals surface area contributed by atoms with E-state index in [2.05, 4.69) is 10.0 Å². The van der Waals surface area contributed by atoms with Crippen LogP contribution >= 0.6 is 11.6 Å². The Morgan fingerprint density at radius 1 is 0.618 bits per heavy atom. The van der Waals surface area contributed by atoms with Crippen LogP contribution in [0.1, 0.15) is 47.0 Å². The Labute approximate surface area is 319 Å². The van der Waals surface area contributed by atoms with E-state index in [1.165, 1.54) is 48.5 Å². The number of carbonyl (C=O) groups excluding carboxylic acids is 4. The number of halogens is 1. The Morgan fingerprint density at radius 3 is 1.58 bits per heavy atom. The van der Waals surface area contributed by atoms with Crippen LogP contribution in [-0.4, -0.2) is 61.2 Å². The monoisotopic (exact) mass is 761 g/mol. The molecule has 1 heterocycles. The van der Waals surface area contributed by atoms with Crippen molar-refractivity contribution in [2.45, 2.75) is 37.3 Å². The molecule has 1 aliphatic rings. The standard InChI is InChI=1S/C41H32ClN3O10/c42-31-23-26(21-22-32(31)44-45-43)24-50-35-34(53-38(47)28-15-7-2-8-16-28)33(25-51-37(46)27-13-5-1-6-14-27)52-41(55-40(49)30-19-11-4-12-20-30)36(35)54-39(48)29-17-9-3-10-18-29/h1-23,33-36,41H,24-25H2/t33-,34-,35+,36-,41-/m1/s1. The number of rotatable bonds is 13. The van der Waals surface area contributed by atoms with Crippen LogP contribution in [0.3, 0.4) is 0 Å². The number of ether oxygens (including phenoxy) is 6. The average Bonchev–Trinajstić information content (AvgIpc) is 3.22. The van der Waals surface area contributed by atoms with Crippen LogP contribution in [0, 0.1) is 0 Å². The number of azide groups is 1. The van der Waals surface area contributed by atoms with E-state index in [-0.39, 0.29) is 39.6 Å². The highest BCUT2D eigenvalue weighted by Crippen LogP contribution is 2.33. The number of hydrogen-bond acceptors (Lipinski definition) is 11. The summed E-state index contributed by atoms with van der Waals surface area (Å²) in [6.45, 7) is -0.735. The molecule has 0 spiro atoms. The molecule has 0 radical (unpaired) electrons. The van der Waals surface area contributed by atoms with Gasteiger partial charge in [0, 0.05) is 4.91 Å². The lowest BCUT2D eigenvalue weighted by atomic mass is 9.97. The first-order chi connectivity index (χ1) is 26.8. The SMILES string of the molecule is [N-]=[N+]=Nc1ccc(CO[C@@H]2[C@@H](OC(=O)c3ccccc3)[C@@H](OC(=O)c3ccccc3)O[C@H](COC(=O)c3ccccc3)[C@H]2OC(=O)c2ccccc2)cc1Cl. The molecule has 1 aliphatic heterocycles. The zero-order valence-corrected chi connectivity index (χ0v) is 29.6. The first-order valence-corrected chi connectivity index (χ1v) is 17.3. The van der Waals surface area contributed by atoms with Crippen molar-refractivity contribution in [2.75, 3.05) is 6.61 Å². The van der Waals surface area contributed by atoms with Gasteiger partial charge in [-0.05, 0) is 65.7 Å². The Hall–Kier alpha value is -6.50. The molecule has 5 aromatic carbocycles. The normalized spacial score (nSPS) is 18.9. The molecule has 0 saturated carbocycles. The Morgan fingerprint density at radius 2 is 1.09 bits per heavy atom. The van der Waals surface area contributed by atoms with E-state index in [0.29, 0.717) is 5.56 Å². The summed E-state index contributed by atoms with van der Waals surface area (Å²) in [6.07, 6.45) is -7.42. The summed E-state index contributed by atoms with van der Waals surface area (Å²) in [5, 5.41) is 3.69. The summed E-state index contributed by atoms with van der Waals surface area (Å²) in [4.78, 5) is 56.8.